The summed E-state index contributed by atoms with van der Waals surface area (Å²) in [5.74, 6) is 1.05. The summed E-state index contributed by atoms with van der Waals surface area (Å²) in [7, 11) is 1.58. The van der Waals surface area contributed by atoms with Gasteiger partial charge >= 0.3 is 0 Å². The second kappa shape index (κ2) is 11.2. The molecule has 0 saturated carbocycles. The largest absolute Gasteiger partial charge is 0.493 e. The number of nitrogens with zero attached hydrogens (tertiary/aromatic N) is 1. The fraction of sp³-hybridized carbons (Fsp3) is 0.269. The lowest BCUT2D eigenvalue weighted by Gasteiger charge is -2.24. The Labute approximate surface area is 184 Å². The molecule has 1 amide bonds. The highest BCUT2D eigenvalue weighted by Gasteiger charge is 2.19. The summed E-state index contributed by atoms with van der Waals surface area (Å²) in [5, 5.41) is 0. The maximum Gasteiger partial charge on any atom is 0.254 e. The van der Waals surface area contributed by atoms with Crippen molar-refractivity contribution < 1.29 is 14.3 Å². The molecule has 0 fully saturated rings. The molecule has 0 radical (unpaired) electrons. The van der Waals surface area contributed by atoms with Gasteiger partial charge in [-0.25, -0.2) is 0 Å². The van der Waals surface area contributed by atoms with Gasteiger partial charge in [0.2, 0.25) is 0 Å². The van der Waals surface area contributed by atoms with Crippen molar-refractivity contribution in [1.82, 2.24) is 4.90 Å². The number of methoxy groups -OCH3 is 1. The van der Waals surface area contributed by atoms with Crippen LogP contribution in [0.3, 0.4) is 0 Å². The summed E-state index contributed by atoms with van der Waals surface area (Å²) < 4.78 is 11.4. The maximum atomic E-state index is 13.3. The molecule has 5 heteroatoms. The highest BCUT2D eigenvalue weighted by atomic mass is 16.5. The highest BCUT2D eigenvalue weighted by molar-refractivity contribution is 5.95. The highest BCUT2D eigenvalue weighted by Crippen LogP contribution is 2.29. The predicted octanol–water partition coefficient (Wildman–Crippen LogP) is 4.44. The second-order valence-corrected chi connectivity index (χ2v) is 7.28. The predicted molar refractivity (Wildman–Crippen MR) is 123 cm³/mol. The Bertz CT molecular complexity index is 989. The van der Waals surface area contributed by atoms with Crippen LogP contribution in [0.25, 0.3) is 0 Å². The standard InChI is InChI=1S/C26H30N2O3/c1-3-21-11-7-8-12-23(21)18-28(16-15-27)26(29)22-13-14-24(25(17-22)30-2)31-19-20-9-5-4-6-10-20/h4-14,17H,3,15-16,18-19,27H2,1-2H3. The van der Waals surface area contributed by atoms with E-state index in [1.165, 1.54) is 5.56 Å². The lowest BCUT2D eigenvalue weighted by Crippen LogP contribution is -2.35. The summed E-state index contributed by atoms with van der Waals surface area (Å²) >= 11 is 0. The number of hydrogen-bond acceptors (Lipinski definition) is 4. The van der Waals surface area contributed by atoms with E-state index >= 15 is 0 Å². The molecule has 0 atom stereocenters. The molecule has 0 unspecified atom stereocenters. The van der Waals surface area contributed by atoms with Crippen molar-refractivity contribution in [2.45, 2.75) is 26.5 Å². The van der Waals surface area contributed by atoms with Gasteiger partial charge in [-0.2, -0.15) is 0 Å². The molecule has 0 aliphatic carbocycles. The minimum Gasteiger partial charge on any atom is -0.493 e. The van der Waals surface area contributed by atoms with E-state index in [0.29, 0.717) is 43.3 Å². The number of carbonyl (C=O) groups is 1. The molecule has 5 nitrogen and oxygen atoms in total. The zero-order valence-corrected chi connectivity index (χ0v) is 18.2. The van der Waals surface area contributed by atoms with Gasteiger partial charge in [-0.15, -0.1) is 0 Å². The summed E-state index contributed by atoms with van der Waals surface area (Å²) in [6, 6.07) is 23.4. The first-order chi connectivity index (χ1) is 15.2. The van der Waals surface area contributed by atoms with Crippen LogP contribution in [0.2, 0.25) is 0 Å². The van der Waals surface area contributed by atoms with Crippen LogP contribution in [-0.2, 0) is 19.6 Å². The number of nitrogens with two attached hydrogens (primary N) is 1. The molecular formula is C26H30N2O3. The molecular weight excluding hydrogens is 388 g/mol. The van der Waals surface area contributed by atoms with Gasteiger partial charge in [0.15, 0.2) is 11.5 Å². The van der Waals surface area contributed by atoms with Crippen LogP contribution in [0.4, 0.5) is 0 Å². The molecule has 0 aliphatic heterocycles. The maximum absolute atomic E-state index is 13.3. The van der Waals surface area contributed by atoms with E-state index in [0.717, 1.165) is 17.5 Å². The van der Waals surface area contributed by atoms with E-state index in [1.54, 1.807) is 30.2 Å². The SMILES string of the molecule is CCc1ccccc1CN(CCN)C(=O)c1ccc(OCc2ccccc2)c(OC)c1. The molecule has 31 heavy (non-hydrogen) atoms. The van der Waals surface area contributed by atoms with Crippen LogP contribution in [0.1, 0.15) is 34.0 Å². The van der Waals surface area contributed by atoms with Crippen LogP contribution in [-0.4, -0.2) is 31.0 Å². The Morgan fingerprint density at radius 1 is 0.935 bits per heavy atom. The first-order valence-electron chi connectivity index (χ1n) is 10.6. The van der Waals surface area contributed by atoms with Crippen molar-refractivity contribution in [3.05, 3.63) is 95.1 Å². The van der Waals surface area contributed by atoms with Crippen molar-refractivity contribution in [2.24, 2.45) is 5.73 Å². The van der Waals surface area contributed by atoms with Crippen LogP contribution >= 0.6 is 0 Å². The number of ether oxygens (including phenoxy) is 2. The summed E-state index contributed by atoms with van der Waals surface area (Å²) in [4.78, 5) is 15.1. The monoisotopic (exact) mass is 418 g/mol. The van der Waals surface area contributed by atoms with Crippen LogP contribution in [0, 0.1) is 0 Å². The van der Waals surface area contributed by atoms with Gasteiger partial charge in [0.25, 0.3) is 5.91 Å². The van der Waals surface area contributed by atoms with E-state index in [1.807, 2.05) is 42.5 Å². The van der Waals surface area contributed by atoms with Gasteiger partial charge in [0, 0.05) is 25.2 Å². The van der Waals surface area contributed by atoms with Gasteiger partial charge < -0.3 is 20.1 Å². The Morgan fingerprint density at radius 3 is 2.32 bits per heavy atom. The van der Waals surface area contributed by atoms with Crippen molar-refractivity contribution in [2.75, 3.05) is 20.2 Å². The Balaban J connectivity index is 1.78. The fourth-order valence-electron chi connectivity index (χ4n) is 3.51. The molecule has 162 valence electrons. The zero-order chi connectivity index (χ0) is 22.1. The second-order valence-electron chi connectivity index (χ2n) is 7.28. The minimum absolute atomic E-state index is 0.0794. The van der Waals surface area contributed by atoms with Crippen molar-refractivity contribution in [1.29, 1.82) is 0 Å². The van der Waals surface area contributed by atoms with E-state index in [9.17, 15) is 4.79 Å². The van der Waals surface area contributed by atoms with Crippen molar-refractivity contribution >= 4 is 5.91 Å². The molecule has 2 N–H and O–H groups in total. The number of aryl methyl sites for hydroxylation is 1. The molecule has 0 aromatic heterocycles. The number of rotatable bonds is 10. The molecule has 0 aliphatic rings. The number of benzene rings is 3. The molecule has 0 spiro atoms. The molecule has 0 heterocycles. The topological polar surface area (TPSA) is 64.8 Å². The van der Waals surface area contributed by atoms with Gasteiger partial charge in [-0.3, -0.25) is 4.79 Å². The summed E-state index contributed by atoms with van der Waals surface area (Å²) in [6.07, 6.45) is 0.919. The average molecular weight is 419 g/mol. The van der Waals surface area contributed by atoms with Crippen molar-refractivity contribution in [3.63, 3.8) is 0 Å². The van der Waals surface area contributed by atoms with Gasteiger partial charge in [0.1, 0.15) is 6.61 Å². The van der Waals surface area contributed by atoms with Crippen LogP contribution in [0.15, 0.2) is 72.8 Å². The lowest BCUT2D eigenvalue weighted by atomic mass is 10.0. The molecule has 0 bridgehead atoms. The minimum atomic E-state index is -0.0794. The van der Waals surface area contributed by atoms with E-state index in [2.05, 4.69) is 19.1 Å². The number of amides is 1. The Hall–Kier alpha value is -3.31. The van der Waals surface area contributed by atoms with Gasteiger partial charge in [-0.05, 0) is 41.3 Å². The van der Waals surface area contributed by atoms with Crippen LogP contribution in [0.5, 0.6) is 11.5 Å². The number of carbonyl (C=O) groups excluding carboxylic acids is 1. The van der Waals surface area contributed by atoms with E-state index < -0.39 is 0 Å². The van der Waals surface area contributed by atoms with Crippen LogP contribution < -0.4 is 15.2 Å². The summed E-state index contributed by atoms with van der Waals surface area (Å²) in [6.45, 7) is 3.94. The molecule has 0 saturated heterocycles. The third-order valence-electron chi connectivity index (χ3n) is 5.19. The fourth-order valence-corrected chi connectivity index (χ4v) is 3.51. The van der Waals surface area contributed by atoms with Gasteiger partial charge in [-0.1, -0.05) is 61.5 Å². The zero-order valence-electron chi connectivity index (χ0n) is 18.2. The average Bonchev–Trinajstić information content (AvgIpc) is 2.82. The normalized spacial score (nSPS) is 10.5. The molecule has 3 rings (SSSR count). The summed E-state index contributed by atoms with van der Waals surface area (Å²) in [5.41, 5.74) is 9.79. The Morgan fingerprint density at radius 2 is 1.65 bits per heavy atom. The van der Waals surface area contributed by atoms with Crippen molar-refractivity contribution in [3.8, 4) is 11.5 Å². The smallest absolute Gasteiger partial charge is 0.254 e. The number of hydrogen-bond donors (Lipinski definition) is 1. The Kier molecular flexibility index (Phi) is 8.07. The van der Waals surface area contributed by atoms with E-state index in [4.69, 9.17) is 15.2 Å². The van der Waals surface area contributed by atoms with E-state index in [-0.39, 0.29) is 5.91 Å². The third kappa shape index (κ3) is 5.86. The third-order valence-corrected chi connectivity index (χ3v) is 5.19. The quantitative estimate of drug-likeness (QED) is 0.529. The lowest BCUT2D eigenvalue weighted by molar-refractivity contribution is 0.0747. The molecule has 3 aromatic rings. The van der Waals surface area contributed by atoms with Gasteiger partial charge in [0.05, 0.1) is 7.11 Å². The first kappa shape index (κ1) is 22.4. The first-order valence-corrected chi connectivity index (χ1v) is 10.6. The molecule has 3 aromatic carbocycles.